The van der Waals surface area contributed by atoms with Gasteiger partial charge in [-0.05, 0) is 70.8 Å². The van der Waals surface area contributed by atoms with Gasteiger partial charge in [-0.3, -0.25) is 9.69 Å². The van der Waals surface area contributed by atoms with E-state index in [0.717, 1.165) is 51.0 Å². The molecule has 40 heavy (non-hydrogen) atoms. The normalized spacial score (nSPS) is 16.1. The van der Waals surface area contributed by atoms with Crippen LogP contribution in [0, 0.1) is 0 Å². The second kappa shape index (κ2) is 15.9. The minimum atomic E-state index is -0.205. The maximum absolute atomic E-state index is 12.3. The highest BCUT2D eigenvalue weighted by Gasteiger charge is 2.22. The number of hydrogen-bond acceptors (Lipinski definition) is 7. The molecule has 3 rings (SSSR count). The summed E-state index contributed by atoms with van der Waals surface area (Å²) in [5.74, 6) is 0.701. The summed E-state index contributed by atoms with van der Waals surface area (Å²) >= 11 is 0. The minimum Gasteiger partial charge on any atom is -0.395 e. The highest BCUT2D eigenvalue weighted by atomic mass is 16.3. The van der Waals surface area contributed by atoms with E-state index in [1.807, 2.05) is 65.8 Å². The number of rotatable bonds is 9. The Hall–Kier alpha value is -2.79. The smallest absolute Gasteiger partial charge is 0.315 e. The Balaban J connectivity index is 0.000000294. The first-order valence-electron chi connectivity index (χ1n) is 14.3. The lowest BCUT2D eigenvalue weighted by molar-refractivity contribution is 0.151. The molecule has 1 unspecified atom stereocenters. The van der Waals surface area contributed by atoms with Gasteiger partial charge < -0.3 is 31.8 Å². The third-order valence-corrected chi connectivity index (χ3v) is 6.41. The van der Waals surface area contributed by atoms with Crippen LogP contribution in [0.5, 0.6) is 0 Å². The minimum absolute atomic E-state index is 0.0984. The number of nitrogens with one attached hydrogen (secondary N) is 4. The molecular weight excluding hydrogens is 506 g/mol. The Morgan fingerprint density at radius 1 is 1.18 bits per heavy atom. The number of β-amino-alcohol motifs (C(OH)–C–C–N with tert-alkyl or cyclic N) is 1. The summed E-state index contributed by atoms with van der Waals surface area (Å²) in [6.45, 7) is 17.1. The van der Waals surface area contributed by atoms with E-state index in [1.165, 1.54) is 5.56 Å². The Morgan fingerprint density at radius 2 is 1.88 bits per heavy atom. The lowest BCUT2D eigenvalue weighted by atomic mass is 9.95. The molecule has 0 aliphatic carbocycles. The summed E-state index contributed by atoms with van der Waals surface area (Å²) in [7, 11) is 0. The largest absolute Gasteiger partial charge is 0.395 e. The summed E-state index contributed by atoms with van der Waals surface area (Å²) in [6.07, 6.45) is 4.72. The van der Waals surface area contributed by atoms with Crippen molar-refractivity contribution in [2.24, 2.45) is 5.73 Å². The number of carbonyl (C=O) groups is 1. The summed E-state index contributed by atoms with van der Waals surface area (Å²) in [4.78, 5) is 33.5. The van der Waals surface area contributed by atoms with Crippen LogP contribution in [-0.4, -0.2) is 76.9 Å². The quantitative estimate of drug-likeness (QED) is 0.260. The van der Waals surface area contributed by atoms with Crippen molar-refractivity contribution in [3.8, 4) is 11.1 Å². The van der Waals surface area contributed by atoms with Crippen LogP contribution in [0.1, 0.15) is 72.2 Å². The number of amides is 2. The molecule has 1 aromatic heterocycles. The molecule has 1 aliphatic heterocycles. The number of aliphatic hydroxyl groups is 1. The molecule has 0 spiro atoms. The number of urea groups is 1. The van der Waals surface area contributed by atoms with Gasteiger partial charge in [0.05, 0.1) is 12.2 Å². The molecule has 2 aromatic rings. The summed E-state index contributed by atoms with van der Waals surface area (Å²) < 4.78 is 0. The summed E-state index contributed by atoms with van der Waals surface area (Å²) in [5.41, 5.74) is 7.65. The number of benzene rings is 1. The van der Waals surface area contributed by atoms with E-state index in [-0.39, 0.29) is 35.2 Å². The van der Waals surface area contributed by atoms with Crippen LogP contribution < -0.4 is 27.2 Å². The van der Waals surface area contributed by atoms with Crippen molar-refractivity contribution < 1.29 is 9.90 Å². The maximum atomic E-state index is 12.3. The molecule has 10 nitrogen and oxygen atoms in total. The van der Waals surface area contributed by atoms with E-state index in [4.69, 9.17) is 10.8 Å². The lowest BCUT2D eigenvalue weighted by Crippen LogP contribution is -2.54. The van der Waals surface area contributed by atoms with Gasteiger partial charge in [0.1, 0.15) is 5.82 Å². The molecular formula is C30H51N7O3. The standard InChI is InChI=1S/C18H26N4O.C12H25N3O2/c1-18(2,3)17-21-12-15(16(23)22-17)14-7-5-13(6-8-14)11-20-10-4-9-19;1-12(2,3)14-11(17)13-10-5-4-6-15(9-10)7-8-16/h5-8,12,20H,4,9-11,19H2,1-3H3,(H,21,22,23);10,16H,4-9H2,1-3H3,(H2,13,14,17). The van der Waals surface area contributed by atoms with Crippen LogP contribution in [0.2, 0.25) is 0 Å². The lowest BCUT2D eigenvalue weighted by Gasteiger charge is -2.33. The van der Waals surface area contributed by atoms with Crippen LogP contribution in [0.15, 0.2) is 35.3 Å². The zero-order chi connectivity index (χ0) is 29.8. The van der Waals surface area contributed by atoms with Crippen molar-refractivity contribution in [3.63, 3.8) is 0 Å². The fourth-order valence-corrected chi connectivity index (χ4v) is 4.32. The first-order valence-corrected chi connectivity index (χ1v) is 14.3. The molecule has 224 valence electrons. The van der Waals surface area contributed by atoms with Gasteiger partial charge in [0, 0.05) is 42.8 Å². The summed E-state index contributed by atoms with van der Waals surface area (Å²) in [6, 6.07) is 8.07. The van der Waals surface area contributed by atoms with E-state index in [2.05, 4.69) is 30.8 Å². The third kappa shape index (κ3) is 12.2. The van der Waals surface area contributed by atoms with Gasteiger partial charge in [-0.1, -0.05) is 45.0 Å². The molecule has 1 saturated heterocycles. The molecule has 1 atom stereocenters. The number of nitrogens with two attached hydrogens (primary N) is 1. The van der Waals surface area contributed by atoms with Crippen molar-refractivity contribution >= 4 is 6.03 Å². The fraction of sp³-hybridized carbons (Fsp3) is 0.633. The molecule has 0 radical (unpaired) electrons. The van der Waals surface area contributed by atoms with Gasteiger partial charge in [0.2, 0.25) is 0 Å². The molecule has 10 heteroatoms. The number of likely N-dealkylation sites (tertiary alicyclic amines) is 1. The predicted octanol–water partition coefficient (Wildman–Crippen LogP) is 2.71. The number of nitrogens with zero attached hydrogens (tertiary/aromatic N) is 2. The van der Waals surface area contributed by atoms with Gasteiger partial charge >= 0.3 is 6.03 Å². The van der Waals surface area contributed by atoms with Crippen molar-refractivity contribution in [1.29, 1.82) is 0 Å². The number of aromatic amines is 1. The number of piperidine rings is 1. The molecule has 1 fully saturated rings. The molecule has 2 amide bonds. The second-order valence-corrected chi connectivity index (χ2v) is 12.5. The molecule has 0 bridgehead atoms. The first kappa shape index (κ1) is 33.4. The second-order valence-electron chi connectivity index (χ2n) is 12.5. The van der Waals surface area contributed by atoms with Crippen LogP contribution in [0.3, 0.4) is 0 Å². The van der Waals surface area contributed by atoms with Crippen molar-refractivity contribution in [3.05, 3.63) is 52.2 Å². The third-order valence-electron chi connectivity index (χ3n) is 6.41. The van der Waals surface area contributed by atoms with Crippen LogP contribution in [-0.2, 0) is 12.0 Å². The maximum Gasteiger partial charge on any atom is 0.315 e. The number of carbonyl (C=O) groups excluding carboxylic acids is 1. The number of aliphatic hydroxyl groups excluding tert-OH is 1. The van der Waals surface area contributed by atoms with E-state index >= 15 is 0 Å². The molecule has 1 aromatic carbocycles. The fourth-order valence-electron chi connectivity index (χ4n) is 4.32. The van der Waals surface area contributed by atoms with Crippen LogP contribution in [0.25, 0.3) is 11.1 Å². The monoisotopic (exact) mass is 557 g/mol. The predicted molar refractivity (Wildman–Crippen MR) is 162 cm³/mol. The Kier molecular flexibility index (Phi) is 13.2. The zero-order valence-corrected chi connectivity index (χ0v) is 25.3. The molecule has 1 aliphatic rings. The number of aromatic nitrogens is 2. The zero-order valence-electron chi connectivity index (χ0n) is 25.3. The van der Waals surface area contributed by atoms with Gasteiger partial charge in [-0.2, -0.15) is 0 Å². The topological polar surface area (TPSA) is 148 Å². The van der Waals surface area contributed by atoms with Crippen molar-refractivity contribution in [2.75, 3.05) is 39.3 Å². The van der Waals surface area contributed by atoms with Crippen molar-refractivity contribution in [2.45, 2.75) is 84.3 Å². The van der Waals surface area contributed by atoms with Gasteiger partial charge in [0.25, 0.3) is 5.56 Å². The highest BCUT2D eigenvalue weighted by molar-refractivity contribution is 5.75. The Labute approximate surface area is 239 Å². The highest BCUT2D eigenvalue weighted by Crippen LogP contribution is 2.19. The Morgan fingerprint density at radius 3 is 2.45 bits per heavy atom. The summed E-state index contributed by atoms with van der Waals surface area (Å²) in [5, 5.41) is 18.1. The molecule has 0 saturated carbocycles. The van der Waals surface area contributed by atoms with E-state index in [1.54, 1.807) is 6.20 Å². The number of hydrogen-bond donors (Lipinski definition) is 6. The SMILES string of the molecule is CC(C)(C)NC(=O)NC1CCCN(CCO)C1.CC(C)(C)c1ncc(-c2ccc(CNCCCN)cc2)c(=O)[nH]1. The van der Waals surface area contributed by atoms with Gasteiger partial charge in [-0.15, -0.1) is 0 Å². The average Bonchev–Trinajstić information content (AvgIpc) is 2.86. The Bertz CT molecular complexity index is 1090. The van der Waals surface area contributed by atoms with E-state index in [9.17, 15) is 9.59 Å². The van der Waals surface area contributed by atoms with Crippen LogP contribution >= 0.6 is 0 Å². The first-order chi connectivity index (χ1) is 18.8. The average molecular weight is 558 g/mol. The molecule has 7 N–H and O–H groups in total. The van der Waals surface area contributed by atoms with E-state index < -0.39 is 0 Å². The van der Waals surface area contributed by atoms with E-state index in [0.29, 0.717) is 24.5 Å². The van der Waals surface area contributed by atoms with Gasteiger partial charge in [0.15, 0.2) is 0 Å². The van der Waals surface area contributed by atoms with Gasteiger partial charge in [-0.25, -0.2) is 9.78 Å². The van der Waals surface area contributed by atoms with Crippen LogP contribution in [0.4, 0.5) is 4.79 Å². The van der Waals surface area contributed by atoms with Crippen molar-refractivity contribution in [1.82, 2.24) is 30.8 Å². The molecule has 2 heterocycles. The number of H-pyrrole nitrogens is 1.